The van der Waals surface area contributed by atoms with Crippen LogP contribution in [-0.2, 0) is 6.42 Å². The van der Waals surface area contributed by atoms with Crippen molar-refractivity contribution in [1.82, 2.24) is 20.3 Å². The van der Waals surface area contributed by atoms with Gasteiger partial charge in [0.25, 0.3) is 5.89 Å². The number of hydrogen-bond acceptors (Lipinski definition) is 5. The summed E-state index contributed by atoms with van der Waals surface area (Å²) in [6.45, 7) is 5.68. The Balaban J connectivity index is 2.47. The van der Waals surface area contributed by atoms with Crippen LogP contribution < -0.4 is 0 Å². The molecule has 0 aliphatic heterocycles. The maximum atomic E-state index is 5.90. The lowest BCUT2D eigenvalue weighted by Gasteiger charge is -2.01. The third kappa shape index (κ3) is 2.44. The van der Waals surface area contributed by atoms with E-state index in [1.165, 1.54) is 0 Å². The van der Waals surface area contributed by atoms with E-state index in [0.29, 0.717) is 11.7 Å². The van der Waals surface area contributed by atoms with Gasteiger partial charge in [-0.2, -0.15) is 15.2 Å². The second kappa shape index (κ2) is 4.79. The summed E-state index contributed by atoms with van der Waals surface area (Å²) in [5.74, 6) is 0.931. The Hall–Kier alpha value is -1.49. The van der Waals surface area contributed by atoms with Crippen LogP contribution in [0.25, 0.3) is 11.5 Å². The number of nitrogens with zero attached hydrogens (tertiary/aromatic N) is 4. The zero-order chi connectivity index (χ0) is 12.4. The molecule has 17 heavy (non-hydrogen) atoms. The highest BCUT2D eigenvalue weighted by molar-refractivity contribution is 6.20. The van der Waals surface area contributed by atoms with Crippen molar-refractivity contribution >= 4 is 11.6 Å². The van der Waals surface area contributed by atoms with Crippen molar-refractivity contribution in [1.29, 1.82) is 0 Å². The van der Waals surface area contributed by atoms with Crippen LogP contribution in [0.4, 0.5) is 0 Å². The SMILES string of the molecule is CCc1nnc(C)cc1-c1nc(C(C)Cl)no1. The summed E-state index contributed by atoms with van der Waals surface area (Å²) in [7, 11) is 0. The van der Waals surface area contributed by atoms with E-state index in [-0.39, 0.29) is 5.38 Å². The van der Waals surface area contributed by atoms with Gasteiger partial charge >= 0.3 is 0 Å². The molecule has 0 amide bonds. The molecule has 0 fully saturated rings. The zero-order valence-electron chi connectivity index (χ0n) is 9.94. The molecule has 2 aromatic heterocycles. The highest BCUT2D eigenvalue weighted by Crippen LogP contribution is 2.24. The third-order valence-corrected chi connectivity index (χ3v) is 2.55. The highest BCUT2D eigenvalue weighted by atomic mass is 35.5. The summed E-state index contributed by atoms with van der Waals surface area (Å²) >= 11 is 5.90. The second-order valence-corrected chi connectivity index (χ2v) is 4.43. The van der Waals surface area contributed by atoms with E-state index in [1.807, 2.05) is 19.9 Å². The van der Waals surface area contributed by atoms with Crippen molar-refractivity contribution in [2.75, 3.05) is 0 Å². The van der Waals surface area contributed by atoms with Crippen LogP contribution in [0.15, 0.2) is 10.6 Å². The van der Waals surface area contributed by atoms with E-state index >= 15 is 0 Å². The van der Waals surface area contributed by atoms with Gasteiger partial charge in [0.1, 0.15) is 0 Å². The minimum absolute atomic E-state index is 0.270. The largest absolute Gasteiger partial charge is 0.334 e. The molecule has 0 aromatic carbocycles. The smallest absolute Gasteiger partial charge is 0.259 e. The molecule has 0 saturated heterocycles. The van der Waals surface area contributed by atoms with E-state index in [2.05, 4.69) is 20.3 Å². The molecule has 0 spiro atoms. The Morgan fingerprint density at radius 1 is 1.41 bits per heavy atom. The van der Waals surface area contributed by atoms with Crippen molar-refractivity contribution in [3.8, 4) is 11.5 Å². The Morgan fingerprint density at radius 3 is 2.76 bits per heavy atom. The first kappa shape index (κ1) is 12.0. The number of alkyl halides is 1. The summed E-state index contributed by atoms with van der Waals surface area (Å²) in [6, 6.07) is 1.89. The van der Waals surface area contributed by atoms with E-state index < -0.39 is 0 Å². The predicted octanol–water partition coefficient (Wildman–Crippen LogP) is 2.70. The maximum Gasteiger partial charge on any atom is 0.259 e. The van der Waals surface area contributed by atoms with E-state index in [9.17, 15) is 0 Å². The van der Waals surface area contributed by atoms with Crippen LogP contribution in [0.3, 0.4) is 0 Å². The van der Waals surface area contributed by atoms with Gasteiger partial charge in [0.2, 0.25) is 0 Å². The van der Waals surface area contributed by atoms with Crippen LogP contribution in [0, 0.1) is 6.92 Å². The van der Waals surface area contributed by atoms with Crippen LogP contribution in [0.2, 0.25) is 0 Å². The molecule has 0 bridgehead atoms. The summed E-state index contributed by atoms with van der Waals surface area (Å²) in [5.41, 5.74) is 2.49. The fraction of sp³-hybridized carbons (Fsp3) is 0.455. The first-order valence-corrected chi connectivity index (χ1v) is 5.86. The maximum absolute atomic E-state index is 5.90. The van der Waals surface area contributed by atoms with E-state index in [4.69, 9.17) is 16.1 Å². The van der Waals surface area contributed by atoms with Gasteiger partial charge < -0.3 is 4.52 Å². The van der Waals surface area contributed by atoms with Crippen molar-refractivity contribution in [2.24, 2.45) is 0 Å². The highest BCUT2D eigenvalue weighted by Gasteiger charge is 2.16. The van der Waals surface area contributed by atoms with Gasteiger partial charge in [0.15, 0.2) is 5.82 Å². The quantitative estimate of drug-likeness (QED) is 0.786. The molecule has 1 atom stereocenters. The first-order valence-electron chi connectivity index (χ1n) is 5.43. The molecule has 0 saturated carbocycles. The van der Waals surface area contributed by atoms with Gasteiger partial charge in [-0.05, 0) is 26.3 Å². The average Bonchev–Trinajstić information content (AvgIpc) is 2.78. The van der Waals surface area contributed by atoms with E-state index in [0.717, 1.165) is 23.4 Å². The van der Waals surface area contributed by atoms with Gasteiger partial charge in [0.05, 0.1) is 22.3 Å². The Morgan fingerprint density at radius 2 is 2.18 bits per heavy atom. The molecule has 0 aliphatic carbocycles. The Kier molecular flexibility index (Phi) is 3.38. The van der Waals surface area contributed by atoms with Gasteiger partial charge in [-0.25, -0.2) is 0 Å². The summed E-state index contributed by atoms with van der Waals surface area (Å²) in [5, 5.41) is 11.7. The molecule has 0 aliphatic rings. The van der Waals surface area contributed by atoms with E-state index in [1.54, 1.807) is 6.92 Å². The molecule has 0 radical (unpaired) electrons. The number of hydrogen-bond donors (Lipinski definition) is 0. The lowest BCUT2D eigenvalue weighted by Crippen LogP contribution is -1.97. The molecule has 5 nitrogen and oxygen atoms in total. The average molecular weight is 253 g/mol. The van der Waals surface area contributed by atoms with Gasteiger partial charge in [0, 0.05) is 0 Å². The zero-order valence-corrected chi connectivity index (χ0v) is 10.7. The van der Waals surface area contributed by atoms with Crippen molar-refractivity contribution in [3.63, 3.8) is 0 Å². The normalized spacial score (nSPS) is 12.7. The number of rotatable bonds is 3. The summed E-state index contributed by atoms with van der Waals surface area (Å²) in [6.07, 6.45) is 0.761. The fourth-order valence-corrected chi connectivity index (χ4v) is 1.55. The summed E-state index contributed by atoms with van der Waals surface area (Å²) in [4.78, 5) is 4.25. The molecular weight excluding hydrogens is 240 g/mol. The molecule has 6 heteroatoms. The lowest BCUT2D eigenvalue weighted by molar-refractivity contribution is 0.422. The Bertz CT molecular complexity index is 524. The van der Waals surface area contributed by atoms with Crippen LogP contribution >= 0.6 is 11.6 Å². The molecule has 2 heterocycles. The summed E-state index contributed by atoms with van der Waals surface area (Å²) < 4.78 is 5.20. The van der Waals surface area contributed by atoms with Crippen molar-refractivity contribution in [2.45, 2.75) is 32.6 Å². The minimum atomic E-state index is -0.270. The second-order valence-electron chi connectivity index (χ2n) is 3.77. The van der Waals surface area contributed by atoms with Gasteiger partial charge in [-0.1, -0.05) is 12.1 Å². The standard InChI is InChI=1S/C11H13ClN4O/c1-4-9-8(5-6(2)14-15-9)11-13-10(7(3)12)16-17-11/h5,7H,4H2,1-3H3. The van der Waals surface area contributed by atoms with Gasteiger partial charge in [-0.3, -0.25) is 0 Å². The lowest BCUT2D eigenvalue weighted by atomic mass is 10.1. The molecule has 2 rings (SSSR count). The minimum Gasteiger partial charge on any atom is -0.334 e. The number of halogens is 1. The first-order chi connectivity index (χ1) is 8.11. The molecule has 0 N–H and O–H groups in total. The Labute approximate surface area is 104 Å². The van der Waals surface area contributed by atoms with Crippen LogP contribution in [-0.4, -0.2) is 20.3 Å². The monoisotopic (exact) mass is 252 g/mol. The van der Waals surface area contributed by atoms with Gasteiger partial charge in [-0.15, -0.1) is 11.6 Å². The number of aryl methyl sites for hydroxylation is 2. The van der Waals surface area contributed by atoms with Crippen LogP contribution in [0.1, 0.15) is 36.4 Å². The van der Waals surface area contributed by atoms with Crippen molar-refractivity contribution in [3.05, 3.63) is 23.3 Å². The topological polar surface area (TPSA) is 64.7 Å². The van der Waals surface area contributed by atoms with Crippen molar-refractivity contribution < 1.29 is 4.52 Å². The van der Waals surface area contributed by atoms with Crippen LogP contribution in [0.5, 0.6) is 0 Å². The number of aromatic nitrogens is 4. The molecular formula is C11H13ClN4O. The predicted molar refractivity (Wildman–Crippen MR) is 63.7 cm³/mol. The fourth-order valence-electron chi connectivity index (χ4n) is 1.47. The third-order valence-electron chi connectivity index (χ3n) is 2.36. The molecule has 2 aromatic rings. The molecule has 1 unspecified atom stereocenters. The molecule has 90 valence electrons.